The van der Waals surface area contributed by atoms with Gasteiger partial charge in [0.25, 0.3) is 5.91 Å². The number of piperidine rings is 1. The molecule has 1 aromatic rings. The Hall–Kier alpha value is -2.37. The molecule has 2 aliphatic heterocycles. The Balaban J connectivity index is 1.52. The van der Waals surface area contributed by atoms with Crippen molar-refractivity contribution in [3.63, 3.8) is 0 Å². The monoisotopic (exact) mass is 344 g/mol. The molecule has 6 heteroatoms. The molecule has 0 unspecified atom stereocenters. The first kappa shape index (κ1) is 17.5. The molecule has 2 aliphatic rings. The predicted molar refractivity (Wildman–Crippen MR) is 93.3 cm³/mol. The van der Waals surface area contributed by atoms with Gasteiger partial charge < -0.3 is 14.5 Å². The second-order valence-electron chi connectivity index (χ2n) is 6.86. The van der Waals surface area contributed by atoms with Crippen LogP contribution in [-0.4, -0.2) is 48.9 Å². The van der Waals surface area contributed by atoms with Crippen molar-refractivity contribution in [2.45, 2.75) is 32.6 Å². The molecule has 2 heterocycles. The lowest BCUT2D eigenvalue weighted by Gasteiger charge is -2.30. The summed E-state index contributed by atoms with van der Waals surface area (Å²) in [6.07, 6.45) is 3.56. The molecule has 25 heavy (non-hydrogen) atoms. The third kappa shape index (κ3) is 4.18. The van der Waals surface area contributed by atoms with Crippen LogP contribution in [0.2, 0.25) is 0 Å². The van der Waals surface area contributed by atoms with Crippen LogP contribution in [-0.2, 0) is 14.3 Å². The topological polar surface area (TPSA) is 66.9 Å². The predicted octanol–water partition coefficient (Wildman–Crippen LogP) is 2.23. The minimum absolute atomic E-state index is 0.108. The van der Waals surface area contributed by atoms with E-state index >= 15 is 0 Å². The SMILES string of the molecule is C[C@@H]1CCCN(C(=O)COC(=O)c2ccc(N3CCCC3=O)cc2)C1. The van der Waals surface area contributed by atoms with Crippen LogP contribution in [0.15, 0.2) is 24.3 Å². The Labute approximate surface area is 147 Å². The number of anilines is 1. The zero-order valence-corrected chi connectivity index (χ0v) is 14.6. The average Bonchev–Trinajstić information content (AvgIpc) is 3.05. The number of rotatable bonds is 4. The summed E-state index contributed by atoms with van der Waals surface area (Å²) >= 11 is 0. The molecule has 0 N–H and O–H groups in total. The van der Waals surface area contributed by atoms with E-state index in [-0.39, 0.29) is 18.4 Å². The van der Waals surface area contributed by atoms with Crippen LogP contribution in [0.4, 0.5) is 5.69 Å². The number of carbonyl (C=O) groups is 3. The lowest BCUT2D eigenvalue weighted by atomic mass is 10.0. The molecule has 0 spiro atoms. The number of hydrogen-bond acceptors (Lipinski definition) is 4. The van der Waals surface area contributed by atoms with Gasteiger partial charge in [-0.25, -0.2) is 4.79 Å². The molecule has 0 bridgehead atoms. The summed E-state index contributed by atoms with van der Waals surface area (Å²) in [7, 11) is 0. The van der Waals surface area contributed by atoms with E-state index in [1.807, 2.05) is 0 Å². The molecule has 1 atom stereocenters. The van der Waals surface area contributed by atoms with Crippen LogP contribution >= 0.6 is 0 Å². The standard InChI is InChI=1S/C19H24N2O4/c1-14-4-2-10-20(12-14)18(23)13-25-19(24)15-6-8-16(9-7-15)21-11-3-5-17(21)22/h6-9,14H,2-5,10-13H2,1H3/t14-/m1/s1. The van der Waals surface area contributed by atoms with E-state index in [4.69, 9.17) is 4.74 Å². The molecule has 2 saturated heterocycles. The molecule has 6 nitrogen and oxygen atoms in total. The van der Waals surface area contributed by atoms with Gasteiger partial charge in [-0.05, 0) is 49.4 Å². The van der Waals surface area contributed by atoms with Gasteiger partial charge in [-0.15, -0.1) is 0 Å². The zero-order valence-electron chi connectivity index (χ0n) is 14.6. The Kier molecular flexibility index (Phi) is 5.36. The van der Waals surface area contributed by atoms with Crippen molar-refractivity contribution in [3.05, 3.63) is 29.8 Å². The first-order chi connectivity index (χ1) is 12.0. The second-order valence-corrected chi connectivity index (χ2v) is 6.86. The van der Waals surface area contributed by atoms with Crippen molar-refractivity contribution in [1.29, 1.82) is 0 Å². The van der Waals surface area contributed by atoms with Crippen LogP contribution < -0.4 is 4.90 Å². The van der Waals surface area contributed by atoms with E-state index in [2.05, 4.69) is 6.92 Å². The summed E-state index contributed by atoms with van der Waals surface area (Å²) in [6.45, 7) is 4.08. The van der Waals surface area contributed by atoms with Crippen molar-refractivity contribution in [1.82, 2.24) is 4.90 Å². The summed E-state index contributed by atoms with van der Waals surface area (Å²) in [5.41, 5.74) is 1.17. The molecule has 0 saturated carbocycles. The molecule has 1 aromatic carbocycles. The van der Waals surface area contributed by atoms with E-state index in [1.54, 1.807) is 34.1 Å². The summed E-state index contributed by atoms with van der Waals surface area (Å²) in [5.74, 6) is -0.0529. The van der Waals surface area contributed by atoms with E-state index in [9.17, 15) is 14.4 Å². The molecule has 2 fully saturated rings. The van der Waals surface area contributed by atoms with Crippen molar-refractivity contribution in [2.75, 3.05) is 31.1 Å². The van der Waals surface area contributed by atoms with Crippen LogP contribution in [0.1, 0.15) is 43.0 Å². The van der Waals surface area contributed by atoms with Gasteiger partial charge in [0.1, 0.15) is 0 Å². The van der Waals surface area contributed by atoms with Gasteiger partial charge in [0, 0.05) is 31.7 Å². The van der Waals surface area contributed by atoms with Crippen LogP contribution in [0, 0.1) is 5.92 Å². The number of amides is 2. The molecular formula is C19H24N2O4. The number of hydrogen-bond donors (Lipinski definition) is 0. The smallest absolute Gasteiger partial charge is 0.338 e. The number of benzene rings is 1. The van der Waals surface area contributed by atoms with E-state index < -0.39 is 5.97 Å². The van der Waals surface area contributed by atoms with Gasteiger partial charge in [0.15, 0.2) is 6.61 Å². The van der Waals surface area contributed by atoms with Crippen LogP contribution in [0.25, 0.3) is 0 Å². The van der Waals surface area contributed by atoms with E-state index in [1.165, 1.54) is 0 Å². The highest BCUT2D eigenvalue weighted by atomic mass is 16.5. The maximum Gasteiger partial charge on any atom is 0.338 e. The van der Waals surface area contributed by atoms with Gasteiger partial charge in [-0.3, -0.25) is 9.59 Å². The lowest BCUT2D eigenvalue weighted by molar-refractivity contribution is -0.136. The summed E-state index contributed by atoms with van der Waals surface area (Å²) in [5, 5.41) is 0. The van der Waals surface area contributed by atoms with Crippen LogP contribution in [0.3, 0.4) is 0 Å². The third-order valence-corrected chi connectivity index (χ3v) is 4.82. The van der Waals surface area contributed by atoms with E-state index in [0.717, 1.165) is 38.0 Å². The van der Waals surface area contributed by atoms with Crippen molar-refractivity contribution >= 4 is 23.5 Å². The highest BCUT2D eigenvalue weighted by molar-refractivity contribution is 5.96. The molecule has 3 rings (SSSR count). The average molecular weight is 344 g/mol. The Morgan fingerprint density at radius 3 is 2.56 bits per heavy atom. The lowest BCUT2D eigenvalue weighted by Crippen LogP contribution is -2.41. The summed E-state index contributed by atoms with van der Waals surface area (Å²) < 4.78 is 5.15. The van der Waals surface area contributed by atoms with Gasteiger partial charge in [0.2, 0.25) is 5.91 Å². The molecule has 0 aliphatic carbocycles. The van der Waals surface area contributed by atoms with Crippen LogP contribution in [0.5, 0.6) is 0 Å². The molecular weight excluding hydrogens is 320 g/mol. The molecule has 2 amide bonds. The van der Waals surface area contributed by atoms with Crippen molar-refractivity contribution in [3.8, 4) is 0 Å². The van der Waals surface area contributed by atoms with Gasteiger partial charge >= 0.3 is 5.97 Å². The largest absolute Gasteiger partial charge is 0.452 e. The number of esters is 1. The van der Waals surface area contributed by atoms with Gasteiger partial charge in [-0.1, -0.05) is 6.92 Å². The maximum absolute atomic E-state index is 12.1. The fourth-order valence-corrected chi connectivity index (χ4v) is 3.42. The minimum Gasteiger partial charge on any atom is -0.452 e. The Morgan fingerprint density at radius 1 is 1.16 bits per heavy atom. The quantitative estimate of drug-likeness (QED) is 0.786. The number of nitrogens with zero attached hydrogens (tertiary/aromatic N) is 2. The van der Waals surface area contributed by atoms with E-state index in [0.29, 0.717) is 24.4 Å². The second kappa shape index (κ2) is 7.68. The fraction of sp³-hybridized carbons (Fsp3) is 0.526. The summed E-state index contributed by atoms with van der Waals surface area (Å²) in [6, 6.07) is 6.76. The first-order valence-corrected chi connectivity index (χ1v) is 8.90. The maximum atomic E-state index is 12.1. The highest BCUT2D eigenvalue weighted by Gasteiger charge is 2.23. The molecule has 0 aromatic heterocycles. The third-order valence-electron chi connectivity index (χ3n) is 4.82. The minimum atomic E-state index is -0.516. The van der Waals surface area contributed by atoms with Gasteiger partial charge in [-0.2, -0.15) is 0 Å². The van der Waals surface area contributed by atoms with Crippen molar-refractivity contribution < 1.29 is 19.1 Å². The Bertz CT molecular complexity index is 656. The molecule has 134 valence electrons. The number of ether oxygens (including phenoxy) is 1. The zero-order chi connectivity index (χ0) is 17.8. The normalized spacial score (nSPS) is 20.7. The molecule has 0 radical (unpaired) electrons. The van der Waals surface area contributed by atoms with Gasteiger partial charge in [0.05, 0.1) is 5.56 Å². The highest BCUT2D eigenvalue weighted by Crippen LogP contribution is 2.22. The number of carbonyl (C=O) groups excluding carboxylic acids is 3. The van der Waals surface area contributed by atoms with Crippen molar-refractivity contribution in [2.24, 2.45) is 5.92 Å². The summed E-state index contributed by atoms with van der Waals surface area (Å²) in [4.78, 5) is 39.5. The first-order valence-electron chi connectivity index (χ1n) is 8.90. The number of likely N-dealkylation sites (tertiary alicyclic amines) is 1. The fourth-order valence-electron chi connectivity index (χ4n) is 3.42. The Morgan fingerprint density at radius 2 is 1.92 bits per heavy atom.